The Labute approximate surface area is 68.1 Å². The average molecular weight is 152 g/mol. The van der Waals surface area contributed by atoms with E-state index < -0.39 is 0 Å². The van der Waals surface area contributed by atoms with Gasteiger partial charge in [-0.1, -0.05) is 30.2 Å². The van der Waals surface area contributed by atoms with Crippen molar-refractivity contribution in [2.24, 2.45) is 5.92 Å². The number of rotatable bonds is 0. The van der Waals surface area contributed by atoms with Crippen LogP contribution in [0.3, 0.4) is 0 Å². The lowest BCUT2D eigenvalue weighted by atomic mass is 9.80. The van der Waals surface area contributed by atoms with Gasteiger partial charge in [0.2, 0.25) is 0 Å². The van der Waals surface area contributed by atoms with Crippen LogP contribution in [0.25, 0.3) is 0 Å². The molecule has 0 aromatic rings. The van der Waals surface area contributed by atoms with E-state index in [0.29, 0.717) is 0 Å². The van der Waals surface area contributed by atoms with Crippen LogP contribution < -0.4 is 0 Å². The second-order valence-corrected chi connectivity index (χ2v) is 3.35. The second kappa shape index (κ2) is 3.72. The van der Waals surface area contributed by atoms with Gasteiger partial charge in [0.05, 0.1) is 0 Å². The lowest BCUT2D eigenvalue weighted by Gasteiger charge is -2.25. The summed E-state index contributed by atoms with van der Waals surface area (Å²) in [6.07, 6.45) is 13.9. The quantitative estimate of drug-likeness (QED) is 0.510. The van der Waals surface area contributed by atoms with E-state index >= 15 is 0 Å². The number of hydrogen-bond acceptors (Lipinski definition) is 0. The SMILES string of the molecule is C1=CCC2CCCCC2=C1.O. The standard InChI is InChI=1S/C10H14.H2O/c1-2-6-10-8-4-3-7-9(10)5-1;/h1-2,5,10H,3-4,6-8H2;1H2. The van der Waals surface area contributed by atoms with Crippen molar-refractivity contribution in [1.82, 2.24) is 0 Å². The molecule has 0 aromatic carbocycles. The molecular formula is C10H16O. The second-order valence-electron chi connectivity index (χ2n) is 3.35. The fourth-order valence-corrected chi connectivity index (χ4v) is 2.03. The third kappa shape index (κ3) is 1.72. The van der Waals surface area contributed by atoms with Gasteiger partial charge in [0.25, 0.3) is 0 Å². The van der Waals surface area contributed by atoms with Crippen molar-refractivity contribution in [2.75, 3.05) is 0 Å². The highest BCUT2D eigenvalue weighted by atomic mass is 16.0. The summed E-state index contributed by atoms with van der Waals surface area (Å²) in [7, 11) is 0. The first-order chi connectivity index (χ1) is 4.97. The molecule has 1 saturated carbocycles. The Bertz CT molecular complexity index is 179. The summed E-state index contributed by atoms with van der Waals surface area (Å²) in [6, 6.07) is 0. The molecule has 2 N–H and O–H groups in total. The lowest BCUT2D eigenvalue weighted by Crippen LogP contribution is -2.10. The predicted molar refractivity (Wildman–Crippen MR) is 47.4 cm³/mol. The molecule has 2 aliphatic carbocycles. The molecule has 11 heavy (non-hydrogen) atoms. The first-order valence-electron chi connectivity index (χ1n) is 4.32. The Morgan fingerprint density at radius 2 is 2.18 bits per heavy atom. The Hall–Kier alpha value is -0.560. The van der Waals surface area contributed by atoms with Crippen molar-refractivity contribution in [2.45, 2.75) is 32.1 Å². The summed E-state index contributed by atoms with van der Waals surface area (Å²) in [5, 5.41) is 0. The molecular weight excluding hydrogens is 136 g/mol. The van der Waals surface area contributed by atoms with Gasteiger partial charge in [0, 0.05) is 0 Å². The minimum atomic E-state index is 0. The van der Waals surface area contributed by atoms with Crippen molar-refractivity contribution in [3.8, 4) is 0 Å². The Kier molecular flexibility index (Phi) is 2.89. The van der Waals surface area contributed by atoms with Crippen molar-refractivity contribution in [3.05, 3.63) is 23.8 Å². The van der Waals surface area contributed by atoms with Crippen LogP contribution in [-0.4, -0.2) is 5.48 Å². The molecule has 0 heterocycles. The molecule has 0 bridgehead atoms. The lowest BCUT2D eigenvalue weighted by molar-refractivity contribution is 0.453. The summed E-state index contributed by atoms with van der Waals surface area (Å²) in [5.41, 5.74) is 1.72. The van der Waals surface area contributed by atoms with Gasteiger partial charge in [-0.25, -0.2) is 0 Å². The van der Waals surface area contributed by atoms with Crippen LogP contribution in [0.15, 0.2) is 23.8 Å². The molecule has 0 saturated heterocycles. The van der Waals surface area contributed by atoms with Crippen molar-refractivity contribution >= 4 is 0 Å². The van der Waals surface area contributed by atoms with E-state index in [1.165, 1.54) is 32.1 Å². The zero-order valence-electron chi connectivity index (χ0n) is 6.84. The molecule has 0 aromatic heterocycles. The van der Waals surface area contributed by atoms with Gasteiger partial charge in [0.1, 0.15) is 0 Å². The molecule has 2 aliphatic rings. The van der Waals surface area contributed by atoms with Crippen LogP contribution in [0.5, 0.6) is 0 Å². The van der Waals surface area contributed by atoms with Gasteiger partial charge in [-0.3, -0.25) is 0 Å². The van der Waals surface area contributed by atoms with Crippen LogP contribution in [-0.2, 0) is 0 Å². The molecule has 1 heteroatoms. The van der Waals surface area contributed by atoms with Crippen LogP contribution in [0.4, 0.5) is 0 Å². The highest BCUT2D eigenvalue weighted by Crippen LogP contribution is 2.33. The highest BCUT2D eigenvalue weighted by molar-refractivity contribution is 5.21. The first kappa shape index (κ1) is 8.54. The molecule has 0 amide bonds. The zero-order chi connectivity index (χ0) is 6.81. The Morgan fingerprint density at radius 1 is 1.27 bits per heavy atom. The zero-order valence-corrected chi connectivity index (χ0v) is 6.84. The maximum Gasteiger partial charge on any atom is -0.0165 e. The van der Waals surface area contributed by atoms with E-state index in [-0.39, 0.29) is 5.48 Å². The van der Waals surface area contributed by atoms with E-state index in [4.69, 9.17) is 0 Å². The monoisotopic (exact) mass is 152 g/mol. The molecule has 0 spiro atoms. The number of hydrogen-bond donors (Lipinski definition) is 0. The van der Waals surface area contributed by atoms with Crippen molar-refractivity contribution < 1.29 is 5.48 Å². The van der Waals surface area contributed by atoms with Gasteiger partial charge >= 0.3 is 0 Å². The number of allylic oxidation sites excluding steroid dienone is 4. The molecule has 62 valence electrons. The van der Waals surface area contributed by atoms with Crippen LogP contribution >= 0.6 is 0 Å². The number of fused-ring (bicyclic) bond motifs is 1. The van der Waals surface area contributed by atoms with Crippen LogP contribution in [0, 0.1) is 5.92 Å². The normalized spacial score (nSPS) is 28.4. The third-order valence-electron chi connectivity index (χ3n) is 2.66. The smallest absolute Gasteiger partial charge is 0.0165 e. The fourth-order valence-electron chi connectivity index (χ4n) is 2.03. The van der Waals surface area contributed by atoms with Gasteiger partial charge in [-0.05, 0) is 31.6 Å². The summed E-state index contributed by atoms with van der Waals surface area (Å²) in [4.78, 5) is 0. The largest absolute Gasteiger partial charge is 0.412 e. The van der Waals surface area contributed by atoms with Gasteiger partial charge in [-0.15, -0.1) is 0 Å². The maximum atomic E-state index is 2.33. The van der Waals surface area contributed by atoms with Crippen molar-refractivity contribution in [3.63, 3.8) is 0 Å². The van der Waals surface area contributed by atoms with E-state index in [0.717, 1.165) is 5.92 Å². The molecule has 1 unspecified atom stereocenters. The first-order valence-corrected chi connectivity index (χ1v) is 4.32. The minimum absolute atomic E-state index is 0. The average Bonchev–Trinajstić information content (AvgIpc) is 2.05. The van der Waals surface area contributed by atoms with E-state index in [2.05, 4.69) is 18.2 Å². The summed E-state index contributed by atoms with van der Waals surface area (Å²) in [5.74, 6) is 0.929. The van der Waals surface area contributed by atoms with Gasteiger partial charge in [0.15, 0.2) is 0 Å². The topological polar surface area (TPSA) is 31.5 Å². The van der Waals surface area contributed by atoms with E-state index in [1.54, 1.807) is 5.57 Å². The third-order valence-corrected chi connectivity index (χ3v) is 2.66. The Morgan fingerprint density at radius 3 is 3.00 bits per heavy atom. The summed E-state index contributed by atoms with van der Waals surface area (Å²) in [6.45, 7) is 0. The molecule has 1 nitrogen and oxygen atoms in total. The van der Waals surface area contributed by atoms with E-state index in [9.17, 15) is 0 Å². The summed E-state index contributed by atoms with van der Waals surface area (Å²) < 4.78 is 0. The van der Waals surface area contributed by atoms with Crippen molar-refractivity contribution in [1.29, 1.82) is 0 Å². The van der Waals surface area contributed by atoms with Crippen LogP contribution in [0.1, 0.15) is 32.1 Å². The predicted octanol–water partition coefficient (Wildman–Crippen LogP) is 2.24. The minimum Gasteiger partial charge on any atom is -0.412 e. The molecule has 1 fully saturated rings. The molecule has 1 atom stereocenters. The highest BCUT2D eigenvalue weighted by Gasteiger charge is 2.18. The maximum absolute atomic E-state index is 2.33. The molecule has 0 aliphatic heterocycles. The summed E-state index contributed by atoms with van der Waals surface area (Å²) >= 11 is 0. The Balaban J connectivity index is 0.000000605. The van der Waals surface area contributed by atoms with E-state index in [1.807, 2.05) is 0 Å². The fraction of sp³-hybridized carbons (Fsp3) is 0.600. The molecule has 0 radical (unpaired) electrons. The van der Waals surface area contributed by atoms with Gasteiger partial charge < -0.3 is 5.48 Å². The molecule has 2 rings (SSSR count). The van der Waals surface area contributed by atoms with Crippen LogP contribution in [0.2, 0.25) is 0 Å². The van der Waals surface area contributed by atoms with Gasteiger partial charge in [-0.2, -0.15) is 0 Å².